The predicted molar refractivity (Wildman–Crippen MR) is 135 cm³/mol. The Morgan fingerprint density at radius 2 is 1.46 bits per heavy atom. The molecule has 1 aromatic heterocycles. The zero-order valence-corrected chi connectivity index (χ0v) is 20.2. The molecule has 0 saturated carbocycles. The number of fused-ring (bicyclic) bond motifs is 2. The predicted octanol–water partition coefficient (Wildman–Crippen LogP) is 3.76. The van der Waals surface area contributed by atoms with Gasteiger partial charge in [-0.3, -0.25) is 9.36 Å². The van der Waals surface area contributed by atoms with Crippen LogP contribution in [0, 0.1) is 0 Å². The third-order valence-electron chi connectivity index (χ3n) is 6.38. The van der Waals surface area contributed by atoms with Gasteiger partial charge in [0.15, 0.2) is 15.5 Å². The third kappa shape index (κ3) is 4.10. The molecule has 4 aromatic rings. The first-order valence-electron chi connectivity index (χ1n) is 11.1. The highest BCUT2D eigenvalue weighted by molar-refractivity contribution is 7.90. The molecule has 0 N–H and O–H groups in total. The summed E-state index contributed by atoms with van der Waals surface area (Å²) < 4.78 is 30.3. The number of anilines is 1. The molecule has 2 heterocycles. The van der Waals surface area contributed by atoms with E-state index in [1.165, 1.54) is 34.9 Å². The second-order valence-electron chi connectivity index (χ2n) is 8.67. The summed E-state index contributed by atoms with van der Waals surface area (Å²) in [7, 11) is -2.05. The van der Waals surface area contributed by atoms with E-state index in [1.807, 2.05) is 24.3 Å². The SMILES string of the molecule is COC(=O)c1c(N2Cc3ccccc3C2)c2ccccc2c(=O)n1Cc1ccc(S(C)(=O)=O)cc1. The Morgan fingerprint density at radius 1 is 0.886 bits per heavy atom. The molecule has 0 saturated heterocycles. The van der Waals surface area contributed by atoms with Crippen molar-refractivity contribution in [3.8, 4) is 0 Å². The van der Waals surface area contributed by atoms with Gasteiger partial charge < -0.3 is 9.64 Å². The first kappa shape index (κ1) is 22.9. The Morgan fingerprint density at radius 3 is 2.03 bits per heavy atom. The van der Waals surface area contributed by atoms with Crippen molar-refractivity contribution in [2.75, 3.05) is 18.3 Å². The average molecular weight is 489 g/mol. The summed E-state index contributed by atoms with van der Waals surface area (Å²) in [5.41, 5.74) is 3.54. The van der Waals surface area contributed by atoms with Crippen LogP contribution >= 0.6 is 0 Å². The van der Waals surface area contributed by atoms with Crippen LogP contribution in [0.4, 0.5) is 5.69 Å². The number of rotatable bonds is 5. The summed E-state index contributed by atoms with van der Waals surface area (Å²) >= 11 is 0. The van der Waals surface area contributed by atoms with Crippen molar-refractivity contribution in [1.29, 1.82) is 0 Å². The van der Waals surface area contributed by atoms with Gasteiger partial charge in [0, 0.05) is 30.1 Å². The molecule has 0 bridgehead atoms. The minimum Gasteiger partial charge on any atom is -0.464 e. The summed E-state index contributed by atoms with van der Waals surface area (Å²) in [6.07, 6.45) is 1.14. The molecule has 8 heteroatoms. The van der Waals surface area contributed by atoms with E-state index in [-0.39, 0.29) is 22.7 Å². The standard InChI is InChI=1S/C27H24N2O5S/c1-34-27(31)25-24(28-16-19-7-3-4-8-20(19)17-28)22-9-5-6-10-23(22)26(30)29(25)15-18-11-13-21(14-12-18)35(2,32)33/h3-14H,15-17H2,1-2H3. The second-order valence-corrected chi connectivity index (χ2v) is 10.7. The minimum atomic E-state index is -3.35. The molecule has 5 rings (SSSR count). The summed E-state index contributed by atoms with van der Waals surface area (Å²) in [4.78, 5) is 29.1. The second kappa shape index (κ2) is 8.70. The fourth-order valence-electron chi connectivity index (χ4n) is 4.67. The van der Waals surface area contributed by atoms with Crippen molar-refractivity contribution < 1.29 is 17.9 Å². The van der Waals surface area contributed by atoms with E-state index in [9.17, 15) is 18.0 Å². The van der Waals surface area contributed by atoms with Crippen molar-refractivity contribution in [2.45, 2.75) is 24.5 Å². The molecule has 1 aliphatic heterocycles. The maximum Gasteiger partial charge on any atom is 0.356 e. The number of nitrogens with zero attached hydrogens (tertiary/aromatic N) is 2. The van der Waals surface area contributed by atoms with Gasteiger partial charge in [-0.2, -0.15) is 0 Å². The highest BCUT2D eigenvalue weighted by Crippen LogP contribution is 2.36. The monoisotopic (exact) mass is 488 g/mol. The quantitative estimate of drug-likeness (QED) is 0.398. The lowest BCUT2D eigenvalue weighted by Crippen LogP contribution is -2.31. The summed E-state index contributed by atoms with van der Waals surface area (Å²) in [6, 6.07) is 21.7. The fourth-order valence-corrected chi connectivity index (χ4v) is 5.30. The maximum absolute atomic E-state index is 13.6. The first-order chi connectivity index (χ1) is 16.8. The number of carbonyl (C=O) groups excluding carboxylic acids is 1. The van der Waals surface area contributed by atoms with Crippen molar-refractivity contribution in [3.05, 3.63) is 106 Å². The zero-order valence-electron chi connectivity index (χ0n) is 19.4. The lowest BCUT2D eigenvalue weighted by Gasteiger charge is -2.25. The van der Waals surface area contributed by atoms with E-state index >= 15 is 0 Å². The molecular weight excluding hydrogens is 464 g/mol. The Labute approximate surface area is 203 Å². The Kier molecular flexibility index (Phi) is 5.68. The van der Waals surface area contributed by atoms with Crippen LogP contribution < -0.4 is 10.5 Å². The van der Waals surface area contributed by atoms with Crippen LogP contribution in [0.5, 0.6) is 0 Å². The largest absolute Gasteiger partial charge is 0.464 e. The van der Waals surface area contributed by atoms with Crippen molar-refractivity contribution in [2.24, 2.45) is 0 Å². The molecule has 0 atom stereocenters. The van der Waals surface area contributed by atoms with Crippen LogP contribution in [-0.4, -0.2) is 32.3 Å². The van der Waals surface area contributed by atoms with Gasteiger partial charge in [0.2, 0.25) is 0 Å². The minimum absolute atomic E-state index is 0.0892. The van der Waals surface area contributed by atoms with E-state index in [0.29, 0.717) is 35.1 Å². The molecule has 1 aliphatic rings. The Balaban J connectivity index is 1.71. The highest BCUT2D eigenvalue weighted by Gasteiger charge is 2.29. The first-order valence-corrected chi connectivity index (χ1v) is 13.0. The molecule has 178 valence electrons. The Bertz CT molecular complexity index is 1600. The van der Waals surface area contributed by atoms with Crippen LogP contribution in [0.25, 0.3) is 10.8 Å². The molecule has 0 fully saturated rings. The van der Waals surface area contributed by atoms with Crippen molar-refractivity contribution >= 4 is 32.3 Å². The van der Waals surface area contributed by atoms with Gasteiger partial charge in [0.1, 0.15) is 0 Å². The summed E-state index contributed by atoms with van der Waals surface area (Å²) in [6.45, 7) is 1.29. The average Bonchev–Trinajstić information content (AvgIpc) is 3.28. The Hall–Kier alpha value is -3.91. The molecule has 0 radical (unpaired) electrons. The number of hydrogen-bond acceptors (Lipinski definition) is 6. The van der Waals surface area contributed by atoms with E-state index in [4.69, 9.17) is 4.74 Å². The van der Waals surface area contributed by atoms with Gasteiger partial charge in [-0.15, -0.1) is 0 Å². The van der Waals surface area contributed by atoms with Gasteiger partial charge in [-0.1, -0.05) is 54.6 Å². The van der Waals surface area contributed by atoms with Crippen LogP contribution in [-0.2, 0) is 34.2 Å². The van der Waals surface area contributed by atoms with E-state index < -0.39 is 15.8 Å². The van der Waals surface area contributed by atoms with Gasteiger partial charge in [-0.25, -0.2) is 13.2 Å². The number of methoxy groups -OCH3 is 1. The number of sulfone groups is 1. The van der Waals surface area contributed by atoms with Crippen LogP contribution in [0.15, 0.2) is 82.5 Å². The number of ether oxygens (including phenoxy) is 1. The molecule has 7 nitrogen and oxygen atoms in total. The van der Waals surface area contributed by atoms with Crippen LogP contribution in [0.1, 0.15) is 27.2 Å². The zero-order chi connectivity index (χ0) is 24.7. The normalized spacial score (nSPS) is 13.1. The van der Waals surface area contributed by atoms with E-state index in [0.717, 1.165) is 6.26 Å². The van der Waals surface area contributed by atoms with Gasteiger partial charge >= 0.3 is 5.97 Å². The summed E-state index contributed by atoms with van der Waals surface area (Å²) in [5, 5.41) is 1.19. The molecule has 0 spiro atoms. The third-order valence-corrected chi connectivity index (χ3v) is 7.51. The smallest absolute Gasteiger partial charge is 0.356 e. The number of benzene rings is 3. The van der Waals surface area contributed by atoms with Gasteiger partial charge in [0.05, 0.1) is 24.2 Å². The van der Waals surface area contributed by atoms with E-state index in [2.05, 4.69) is 17.0 Å². The lowest BCUT2D eigenvalue weighted by molar-refractivity contribution is 0.0588. The van der Waals surface area contributed by atoms with Crippen LogP contribution in [0.3, 0.4) is 0 Å². The topological polar surface area (TPSA) is 85.7 Å². The number of esters is 1. The molecule has 35 heavy (non-hydrogen) atoms. The highest BCUT2D eigenvalue weighted by atomic mass is 32.2. The fraction of sp³-hybridized carbons (Fsp3) is 0.185. The van der Waals surface area contributed by atoms with Crippen LogP contribution in [0.2, 0.25) is 0 Å². The number of pyridine rings is 1. The van der Waals surface area contributed by atoms with Crippen molar-refractivity contribution in [3.63, 3.8) is 0 Å². The molecule has 3 aromatic carbocycles. The number of aromatic nitrogens is 1. The molecule has 0 aliphatic carbocycles. The van der Waals surface area contributed by atoms with Gasteiger partial charge in [-0.05, 0) is 34.9 Å². The molecular formula is C27H24N2O5S. The summed E-state index contributed by atoms with van der Waals surface area (Å²) in [5.74, 6) is -0.605. The lowest BCUT2D eigenvalue weighted by atomic mass is 10.1. The maximum atomic E-state index is 13.6. The molecule has 0 amide bonds. The number of carbonyl (C=O) groups is 1. The van der Waals surface area contributed by atoms with E-state index in [1.54, 1.807) is 24.3 Å². The van der Waals surface area contributed by atoms with Gasteiger partial charge in [0.25, 0.3) is 5.56 Å². The number of hydrogen-bond donors (Lipinski definition) is 0. The molecule has 0 unspecified atom stereocenters. The van der Waals surface area contributed by atoms with Crippen molar-refractivity contribution in [1.82, 2.24) is 4.57 Å².